The zero-order valence-corrected chi connectivity index (χ0v) is 16.4. The number of amides is 1. The van der Waals surface area contributed by atoms with E-state index in [-0.39, 0.29) is 5.91 Å². The first-order valence-corrected chi connectivity index (χ1v) is 10.6. The molecule has 0 bridgehead atoms. The summed E-state index contributed by atoms with van der Waals surface area (Å²) in [4.78, 5) is 16.6. The normalized spacial score (nSPS) is 13.8. The molecule has 1 aliphatic rings. The van der Waals surface area contributed by atoms with Crippen molar-refractivity contribution >= 4 is 44.9 Å². The van der Waals surface area contributed by atoms with Gasteiger partial charge in [-0.1, -0.05) is 39.8 Å². The number of nitrogens with one attached hydrogen (secondary N) is 1. The molecular weight excluding hydrogens is 420 g/mol. The Balaban J connectivity index is 1.37. The second kappa shape index (κ2) is 7.35. The van der Waals surface area contributed by atoms with Crippen LogP contribution in [0.25, 0.3) is 11.3 Å². The van der Waals surface area contributed by atoms with E-state index in [9.17, 15) is 4.79 Å². The summed E-state index contributed by atoms with van der Waals surface area (Å²) in [7, 11) is 0. The highest BCUT2D eigenvalue weighted by Crippen LogP contribution is 2.31. The fraction of sp³-hybridized carbons (Fsp3) is 0.222. The van der Waals surface area contributed by atoms with Gasteiger partial charge in [0.05, 0.1) is 11.4 Å². The van der Waals surface area contributed by atoms with Crippen LogP contribution < -0.4 is 5.32 Å². The Morgan fingerprint density at radius 3 is 3.04 bits per heavy atom. The third-order valence-corrected chi connectivity index (χ3v) is 6.28. The van der Waals surface area contributed by atoms with Crippen LogP contribution in [0.5, 0.6) is 0 Å². The molecule has 0 aliphatic heterocycles. The van der Waals surface area contributed by atoms with E-state index in [1.807, 2.05) is 24.3 Å². The number of carbonyl (C=O) groups excluding carboxylic acids is 1. The lowest BCUT2D eigenvalue weighted by molar-refractivity contribution is 0.0922. The molecule has 4 rings (SSSR count). The molecule has 2 aromatic heterocycles. The molecule has 7 heteroatoms. The molecule has 0 saturated heterocycles. The molecular formula is C18H15BrN2O2S2. The number of hydrogen-bond acceptors (Lipinski definition) is 5. The van der Waals surface area contributed by atoms with E-state index < -0.39 is 0 Å². The van der Waals surface area contributed by atoms with Gasteiger partial charge < -0.3 is 9.73 Å². The molecule has 25 heavy (non-hydrogen) atoms. The Kier molecular flexibility index (Phi) is 4.96. The van der Waals surface area contributed by atoms with Gasteiger partial charge in [0.15, 0.2) is 10.1 Å². The van der Waals surface area contributed by atoms with Gasteiger partial charge in [-0.05, 0) is 37.1 Å². The summed E-state index contributed by atoms with van der Waals surface area (Å²) >= 11 is 6.72. The van der Waals surface area contributed by atoms with Gasteiger partial charge in [-0.3, -0.25) is 4.79 Å². The van der Waals surface area contributed by atoms with Crippen LogP contribution in [0.15, 0.2) is 55.0 Å². The topological polar surface area (TPSA) is 55.1 Å². The van der Waals surface area contributed by atoms with Crippen LogP contribution in [0.4, 0.5) is 0 Å². The van der Waals surface area contributed by atoms with E-state index >= 15 is 0 Å². The van der Waals surface area contributed by atoms with Crippen LogP contribution in [-0.2, 0) is 5.75 Å². The molecule has 0 atom stereocenters. The lowest BCUT2D eigenvalue weighted by Gasteiger charge is -1.99. The van der Waals surface area contributed by atoms with Crippen molar-refractivity contribution in [2.45, 2.75) is 29.0 Å². The summed E-state index contributed by atoms with van der Waals surface area (Å²) in [6.45, 7) is 0. The minimum atomic E-state index is -0.120. The van der Waals surface area contributed by atoms with Crippen molar-refractivity contribution in [1.29, 1.82) is 0 Å². The van der Waals surface area contributed by atoms with Crippen molar-refractivity contribution in [2.75, 3.05) is 0 Å². The van der Waals surface area contributed by atoms with Gasteiger partial charge in [0.1, 0.15) is 5.76 Å². The lowest BCUT2D eigenvalue weighted by Crippen LogP contribution is -2.24. The van der Waals surface area contributed by atoms with Gasteiger partial charge in [-0.25, -0.2) is 4.98 Å². The Bertz CT molecular complexity index is 902. The number of thioether (sulfide) groups is 1. The number of furan rings is 1. The monoisotopic (exact) mass is 434 g/mol. The van der Waals surface area contributed by atoms with Crippen molar-refractivity contribution in [3.8, 4) is 11.3 Å². The molecule has 1 N–H and O–H groups in total. The first-order valence-electron chi connectivity index (χ1n) is 7.91. The summed E-state index contributed by atoms with van der Waals surface area (Å²) in [6, 6.07) is 12.0. The van der Waals surface area contributed by atoms with Crippen molar-refractivity contribution in [2.24, 2.45) is 0 Å². The minimum Gasteiger partial charge on any atom is -0.455 e. The summed E-state index contributed by atoms with van der Waals surface area (Å²) < 4.78 is 7.66. The van der Waals surface area contributed by atoms with E-state index in [0.717, 1.165) is 38.7 Å². The molecule has 3 aromatic rings. The minimum absolute atomic E-state index is 0.120. The molecule has 2 heterocycles. The van der Waals surface area contributed by atoms with Gasteiger partial charge in [0.2, 0.25) is 0 Å². The number of nitrogens with zero attached hydrogens (tertiary/aromatic N) is 1. The maximum Gasteiger partial charge on any atom is 0.287 e. The van der Waals surface area contributed by atoms with E-state index in [0.29, 0.717) is 17.6 Å². The molecule has 0 unspecified atom stereocenters. The standard InChI is InChI=1S/C18H15BrN2O2S2/c19-12-3-1-2-11(8-12)15-10-25-18(21-15)24-9-14-6-7-16(23-14)17(22)20-13-4-5-13/h1-3,6-8,10,13H,4-5,9H2,(H,20,22). The molecule has 1 amide bonds. The first-order chi connectivity index (χ1) is 12.2. The van der Waals surface area contributed by atoms with Crippen molar-refractivity contribution in [3.63, 3.8) is 0 Å². The zero-order valence-electron chi connectivity index (χ0n) is 13.2. The van der Waals surface area contributed by atoms with Crippen LogP contribution >= 0.6 is 39.0 Å². The highest BCUT2D eigenvalue weighted by atomic mass is 79.9. The average molecular weight is 435 g/mol. The van der Waals surface area contributed by atoms with E-state index in [1.165, 1.54) is 0 Å². The fourth-order valence-electron chi connectivity index (χ4n) is 2.30. The molecule has 0 radical (unpaired) electrons. The molecule has 1 saturated carbocycles. The number of halogens is 1. The number of carbonyl (C=O) groups is 1. The predicted octanol–water partition coefficient (Wildman–Crippen LogP) is 5.35. The fourth-order valence-corrected chi connectivity index (χ4v) is 4.43. The first kappa shape index (κ1) is 16.9. The van der Waals surface area contributed by atoms with Crippen LogP contribution in [0.2, 0.25) is 0 Å². The van der Waals surface area contributed by atoms with Gasteiger partial charge in [-0.2, -0.15) is 0 Å². The number of aromatic nitrogens is 1. The van der Waals surface area contributed by atoms with Crippen molar-refractivity contribution in [3.05, 3.63) is 57.8 Å². The van der Waals surface area contributed by atoms with Gasteiger partial charge in [0, 0.05) is 21.5 Å². The Morgan fingerprint density at radius 2 is 2.24 bits per heavy atom. The number of rotatable bonds is 6. The Hall–Kier alpha value is -1.57. The third kappa shape index (κ3) is 4.34. The van der Waals surface area contributed by atoms with Crippen molar-refractivity contribution < 1.29 is 9.21 Å². The van der Waals surface area contributed by atoms with Crippen LogP contribution in [-0.4, -0.2) is 16.9 Å². The highest BCUT2D eigenvalue weighted by molar-refractivity contribution is 9.10. The largest absolute Gasteiger partial charge is 0.455 e. The SMILES string of the molecule is O=C(NC1CC1)c1ccc(CSc2nc(-c3cccc(Br)c3)cs2)o1. The molecule has 4 nitrogen and oxygen atoms in total. The van der Waals surface area contributed by atoms with Gasteiger partial charge in [-0.15, -0.1) is 11.3 Å². The maximum absolute atomic E-state index is 11.9. The molecule has 1 aromatic carbocycles. The smallest absolute Gasteiger partial charge is 0.287 e. The summed E-state index contributed by atoms with van der Waals surface area (Å²) in [6.07, 6.45) is 2.14. The van der Waals surface area contributed by atoms with E-state index in [2.05, 4.69) is 37.7 Å². The predicted molar refractivity (Wildman–Crippen MR) is 104 cm³/mol. The number of thiazole rings is 1. The van der Waals surface area contributed by atoms with Crippen LogP contribution in [0.1, 0.15) is 29.2 Å². The third-order valence-electron chi connectivity index (χ3n) is 3.74. The van der Waals surface area contributed by atoms with E-state index in [4.69, 9.17) is 4.42 Å². The summed E-state index contributed by atoms with van der Waals surface area (Å²) in [5.41, 5.74) is 2.06. The average Bonchev–Trinajstić information content (AvgIpc) is 3.12. The lowest BCUT2D eigenvalue weighted by atomic mass is 10.2. The molecule has 1 fully saturated rings. The molecule has 0 spiro atoms. The number of hydrogen-bond donors (Lipinski definition) is 1. The van der Waals surface area contributed by atoms with Crippen LogP contribution in [0.3, 0.4) is 0 Å². The molecule has 1 aliphatic carbocycles. The van der Waals surface area contributed by atoms with Crippen LogP contribution in [0, 0.1) is 0 Å². The second-order valence-corrected chi connectivity index (χ2v) is 8.81. The maximum atomic E-state index is 11.9. The van der Waals surface area contributed by atoms with Crippen molar-refractivity contribution in [1.82, 2.24) is 10.3 Å². The Labute approximate surface area is 162 Å². The van der Waals surface area contributed by atoms with Gasteiger partial charge >= 0.3 is 0 Å². The van der Waals surface area contributed by atoms with E-state index in [1.54, 1.807) is 29.2 Å². The second-order valence-electron chi connectivity index (χ2n) is 5.81. The van der Waals surface area contributed by atoms with Gasteiger partial charge in [0.25, 0.3) is 5.91 Å². The summed E-state index contributed by atoms with van der Waals surface area (Å²) in [5.74, 6) is 1.70. The summed E-state index contributed by atoms with van der Waals surface area (Å²) in [5, 5.41) is 4.99. The quantitative estimate of drug-likeness (QED) is 0.531. The highest BCUT2D eigenvalue weighted by Gasteiger charge is 2.25. The molecule has 128 valence electrons. The number of benzene rings is 1. The zero-order chi connectivity index (χ0) is 17.2. The Morgan fingerprint density at radius 1 is 1.36 bits per heavy atom.